The first kappa shape index (κ1) is 17.3. The molecule has 0 spiro atoms. The predicted octanol–water partition coefficient (Wildman–Crippen LogP) is 4.87. The average Bonchev–Trinajstić information content (AvgIpc) is 2.39. The molecular weight excluding hydrogens is 270 g/mol. The van der Waals surface area contributed by atoms with Crippen LogP contribution in [0.15, 0.2) is 18.2 Å². The van der Waals surface area contributed by atoms with Gasteiger partial charge in [-0.05, 0) is 24.1 Å². The molecule has 2 atom stereocenters. The van der Waals surface area contributed by atoms with E-state index in [0.717, 1.165) is 17.3 Å². The molecule has 1 N–H and O–H groups in total. The number of methoxy groups -OCH3 is 1. The van der Waals surface area contributed by atoms with Gasteiger partial charge in [0.05, 0.1) is 7.11 Å². The molecule has 3 heteroatoms. The van der Waals surface area contributed by atoms with Crippen LogP contribution < -0.4 is 10.1 Å². The molecule has 0 saturated carbocycles. The van der Waals surface area contributed by atoms with Gasteiger partial charge in [-0.1, -0.05) is 52.1 Å². The zero-order chi connectivity index (χ0) is 15.1. The zero-order valence-electron chi connectivity index (χ0n) is 13.4. The molecule has 20 heavy (non-hydrogen) atoms. The summed E-state index contributed by atoms with van der Waals surface area (Å²) in [4.78, 5) is 0. The largest absolute Gasteiger partial charge is 0.496 e. The van der Waals surface area contributed by atoms with Crippen molar-refractivity contribution in [2.45, 2.75) is 52.5 Å². The molecule has 1 rings (SSSR count). The van der Waals surface area contributed by atoms with E-state index < -0.39 is 0 Å². The van der Waals surface area contributed by atoms with E-state index in [1.165, 1.54) is 18.4 Å². The van der Waals surface area contributed by atoms with E-state index in [-0.39, 0.29) is 0 Å². The molecule has 1 aromatic carbocycles. The highest BCUT2D eigenvalue weighted by molar-refractivity contribution is 6.30. The summed E-state index contributed by atoms with van der Waals surface area (Å²) in [7, 11) is 1.73. The van der Waals surface area contributed by atoms with Crippen molar-refractivity contribution in [2.24, 2.45) is 5.92 Å². The Morgan fingerprint density at radius 1 is 1.25 bits per heavy atom. The molecule has 114 valence electrons. The van der Waals surface area contributed by atoms with Crippen molar-refractivity contribution in [1.82, 2.24) is 5.32 Å². The molecule has 2 unspecified atom stereocenters. The quantitative estimate of drug-likeness (QED) is 0.739. The Kier molecular flexibility index (Phi) is 7.39. The fourth-order valence-electron chi connectivity index (χ4n) is 2.63. The van der Waals surface area contributed by atoms with E-state index in [0.29, 0.717) is 17.9 Å². The number of benzene rings is 1. The minimum Gasteiger partial charge on any atom is -0.496 e. The second kappa shape index (κ2) is 8.53. The summed E-state index contributed by atoms with van der Waals surface area (Å²) < 4.78 is 5.53. The number of ether oxygens (including phenoxy) is 1. The van der Waals surface area contributed by atoms with Gasteiger partial charge in [0.25, 0.3) is 0 Å². The molecule has 0 aliphatic rings. The fraction of sp³-hybridized carbons (Fsp3) is 0.647. The minimum atomic E-state index is 0.422. The third-order valence-corrected chi connectivity index (χ3v) is 4.00. The van der Waals surface area contributed by atoms with E-state index in [4.69, 9.17) is 16.3 Å². The highest BCUT2D eigenvalue weighted by Crippen LogP contribution is 2.35. The van der Waals surface area contributed by atoms with Gasteiger partial charge < -0.3 is 10.1 Å². The van der Waals surface area contributed by atoms with Crippen LogP contribution in [0.2, 0.25) is 5.02 Å². The van der Waals surface area contributed by atoms with E-state index in [1.807, 2.05) is 12.1 Å². The third kappa shape index (κ3) is 4.99. The predicted molar refractivity (Wildman–Crippen MR) is 88.0 cm³/mol. The van der Waals surface area contributed by atoms with Gasteiger partial charge in [0, 0.05) is 29.1 Å². The normalized spacial score (nSPS) is 14.3. The van der Waals surface area contributed by atoms with Crippen LogP contribution in [-0.4, -0.2) is 19.7 Å². The highest BCUT2D eigenvalue weighted by Gasteiger charge is 2.22. The van der Waals surface area contributed by atoms with E-state index in [9.17, 15) is 0 Å². The van der Waals surface area contributed by atoms with Crippen LogP contribution in [0.3, 0.4) is 0 Å². The summed E-state index contributed by atoms with van der Waals surface area (Å²) in [5.74, 6) is 1.96. The molecule has 0 aliphatic heterocycles. The van der Waals surface area contributed by atoms with Crippen molar-refractivity contribution in [3.05, 3.63) is 28.8 Å². The lowest BCUT2D eigenvalue weighted by Crippen LogP contribution is -2.31. The van der Waals surface area contributed by atoms with Crippen molar-refractivity contribution >= 4 is 11.6 Å². The van der Waals surface area contributed by atoms with Crippen molar-refractivity contribution in [2.75, 3.05) is 13.7 Å². The van der Waals surface area contributed by atoms with Crippen LogP contribution in [0, 0.1) is 5.92 Å². The van der Waals surface area contributed by atoms with E-state index in [2.05, 4.69) is 39.1 Å². The number of hydrogen-bond donors (Lipinski definition) is 1. The summed E-state index contributed by atoms with van der Waals surface area (Å²) in [6, 6.07) is 6.40. The van der Waals surface area contributed by atoms with Gasteiger partial charge in [-0.3, -0.25) is 0 Å². The van der Waals surface area contributed by atoms with Crippen molar-refractivity contribution < 1.29 is 4.74 Å². The number of nitrogens with one attached hydrogen (secondary N) is 1. The Morgan fingerprint density at radius 2 is 1.95 bits per heavy atom. The van der Waals surface area contributed by atoms with Gasteiger partial charge in [-0.25, -0.2) is 0 Å². The minimum absolute atomic E-state index is 0.422. The molecule has 0 aliphatic carbocycles. The van der Waals surface area contributed by atoms with Gasteiger partial charge >= 0.3 is 0 Å². The first-order valence-corrected chi connectivity index (χ1v) is 7.94. The van der Waals surface area contributed by atoms with Crippen LogP contribution in [0.25, 0.3) is 0 Å². The maximum Gasteiger partial charge on any atom is 0.122 e. The maximum absolute atomic E-state index is 6.19. The summed E-state index contributed by atoms with van der Waals surface area (Å²) in [6.45, 7) is 9.86. The van der Waals surface area contributed by atoms with Gasteiger partial charge in [0.2, 0.25) is 0 Å². The standard InChI is InChI=1S/C17H28ClNO/c1-6-7-13(4)16(11-19-12(2)3)15-10-14(18)8-9-17(15)20-5/h8-10,12-13,16,19H,6-7,11H2,1-5H3. The van der Waals surface area contributed by atoms with E-state index in [1.54, 1.807) is 7.11 Å². The number of rotatable bonds is 8. The van der Waals surface area contributed by atoms with Crippen molar-refractivity contribution in [3.63, 3.8) is 0 Å². The lowest BCUT2D eigenvalue weighted by atomic mass is 9.84. The Morgan fingerprint density at radius 3 is 2.50 bits per heavy atom. The SMILES string of the molecule is CCCC(C)C(CNC(C)C)c1cc(Cl)ccc1OC. The Hall–Kier alpha value is -0.730. The Labute approximate surface area is 128 Å². The maximum atomic E-state index is 6.19. The lowest BCUT2D eigenvalue weighted by molar-refractivity contribution is 0.364. The molecule has 0 amide bonds. The van der Waals surface area contributed by atoms with Crippen LogP contribution in [0.4, 0.5) is 0 Å². The molecule has 0 bridgehead atoms. The molecule has 0 aromatic heterocycles. The van der Waals surface area contributed by atoms with Gasteiger partial charge in [0.1, 0.15) is 5.75 Å². The highest BCUT2D eigenvalue weighted by atomic mass is 35.5. The monoisotopic (exact) mass is 297 g/mol. The fourth-order valence-corrected chi connectivity index (χ4v) is 2.81. The van der Waals surface area contributed by atoms with Gasteiger partial charge in [-0.2, -0.15) is 0 Å². The van der Waals surface area contributed by atoms with E-state index >= 15 is 0 Å². The molecule has 0 radical (unpaired) electrons. The molecule has 2 nitrogen and oxygen atoms in total. The van der Waals surface area contributed by atoms with Crippen LogP contribution in [0.1, 0.15) is 52.0 Å². The van der Waals surface area contributed by atoms with Crippen LogP contribution in [0.5, 0.6) is 5.75 Å². The Bertz CT molecular complexity index is 406. The van der Waals surface area contributed by atoms with Crippen LogP contribution >= 0.6 is 11.6 Å². The Balaban J connectivity index is 3.04. The summed E-state index contributed by atoms with van der Waals surface area (Å²) in [6.07, 6.45) is 2.41. The molecule has 0 fully saturated rings. The molecule has 1 aromatic rings. The molecular formula is C17H28ClNO. The average molecular weight is 298 g/mol. The second-order valence-electron chi connectivity index (χ2n) is 5.82. The van der Waals surface area contributed by atoms with Crippen molar-refractivity contribution in [3.8, 4) is 5.75 Å². The topological polar surface area (TPSA) is 21.3 Å². The zero-order valence-corrected chi connectivity index (χ0v) is 14.1. The third-order valence-electron chi connectivity index (χ3n) is 3.77. The molecule has 0 saturated heterocycles. The number of hydrogen-bond acceptors (Lipinski definition) is 2. The lowest BCUT2D eigenvalue weighted by Gasteiger charge is -2.27. The first-order chi connectivity index (χ1) is 9.49. The van der Waals surface area contributed by atoms with Crippen LogP contribution in [-0.2, 0) is 0 Å². The summed E-state index contributed by atoms with van der Waals surface area (Å²) >= 11 is 6.19. The number of halogens is 1. The summed E-state index contributed by atoms with van der Waals surface area (Å²) in [5.41, 5.74) is 1.22. The summed E-state index contributed by atoms with van der Waals surface area (Å²) in [5, 5.41) is 4.33. The van der Waals surface area contributed by atoms with Gasteiger partial charge in [0.15, 0.2) is 0 Å². The smallest absolute Gasteiger partial charge is 0.122 e. The van der Waals surface area contributed by atoms with Crippen molar-refractivity contribution in [1.29, 1.82) is 0 Å². The van der Waals surface area contributed by atoms with Gasteiger partial charge in [-0.15, -0.1) is 0 Å². The molecule has 0 heterocycles. The second-order valence-corrected chi connectivity index (χ2v) is 6.26. The first-order valence-electron chi connectivity index (χ1n) is 7.56.